The molecule has 0 atom stereocenters. The molecule has 3 aromatic rings. The van der Waals surface area contributed by atoms with E-state index < -0.39 is 0 Å². The summed E-state index contributed by atoms with van der Waals surface area (Å²) < 4.78 is 16.7. The second kappa shape index (κ2) is 7.59. The third-order valence-corrected chi connectivity index (χ3v) is 7.24. The van der Waals surface area contributed by atoms with Gasteiger partial charge in [0, 0.05) is 48.7 Å². The van der Waals surface area contributed by atoms with Gasteiger partial charge in [0.1, 0.15) is 12.4 Å². The van der Waals surface area contributed by atoms with Crippen molar-refractivity contribution < 1.29 is 19.0 Å². The molecule has 0 aliphatic carbocycles. The zero-order valence-corrected chi connectivity index (χ0v) is 17.8. The number of benzene rings is 2. The number of piperazine rings is 1. The molecule has 2 aromatic carbocycles. The lowest BCUT2D eigenvalue weighted by atomic mass is 10.1. The minimum atomic E-state index is 0.125. The number of amides is 1. The molecule has 158 valence electrons. The summed E-state index contributed by atoms with van der Waals surface area (Å²) in [5, 5.41) is 0. The zero-order valence-electron chi connectivity index (χ0n) is 17.0. The Hall–Kier alpha value is -3.03. The number of carbonyl (C=O) groups excluding carboxylic acids is 1. The Bertz CT molecular complexity index is 1150. The second-order valence-electron chi connectivity index (χ2n) is 8.01. The summed E-state index contributed by atoms with van der Waals surface area (Å²) in [4.78, 5) is 19.5. The van der Waals surface area contributed by atoms with Gasteiger partial charge in [-0.25, -0.2) is 0 Å². The molecule has 1 amide bonds. The van der Waals surface area contributed by atoms with Crippen LogP contribution in [0.5, 0.6) is 17.2 Å². The Balaban J connectivity index is 1.11. The first kappa shape index (κ1) is 18.7. The minimum Gasteiger partial charge on any atom is -0.488 e. The SMILES string of the molecule is O=C(c1cc2c(s1)-c1ccccc1OC2)N1CCN(Cc2ccc3c(c2)OCO3)CC1. The van der Waals surface area contributed by atoms with Crippen LogP contribution in [-0.2, 0) is 13.2 Å². The fourth-order valence-corrected chi connectivity index (χ4v) is 5.53. The van der Waals surface area contributed by atoms with Gasteiger partial charge in [-0.1, -0.05) is 18.2 Å². The van der Waals surface area contributed by atoms with E-state index in [0.29, 0.717) is 13.4 Å². The van der Waals surface area contributed by atoms with Gasteiger partial charge in [-0.05, 0) is 35.9 Å². The molecule has 0 N–H and O–H groups in total. The smallest absolute Gasteiger partial charge is 0.264 e. The van der Waals surface area contributed by atoms with Gasteiger partial charge in [0.2, 0.25) is 6.79 Å². The van der Waals surface area contributed by atoms with Crippen LogP contribution in [0.2, 0.25) is 0 Å². The maximum atomic E-state index is 13.2. The topological polar surface area (TPSA) is 51.2 Å². The van der Waals surface area contributed by atoms with Crippen molar-refractivity contribution in [3.63, 3.8) is 0 Å². The average molecular weight is 435 g/mol. The number of nitrogens with zero attached hydrogens (tertiary/aromatic N) is 2. The van der Waals surface area contributed by atoms with E-state index >= 15 is 0 Å². The van der Waals surface area contributed by atoms with E-state index in [4.69, 9.17) is 14.2 Å². The number of rotatable bonds is 3. The number of carbonyl (C=O) groups is 1. The van der Waals surface area contributed by atoms with Crippen LogP contribution in [0.1, 0.15) is 20.8 Å². The van der Waals surface area contributed by atoms with E-state index in [-0.39, 0.29) is 5.91 Å². The maximum absolute atomic E-state index is 13.2. The molecule has 0 unspecified atom stereocenters. The van der Waals surface area contributed by atoms with Crippen LogP contribution in [0.15, 0.2) is 48.5 Å². The Morgan fingerprint density at radius 2 is 1.74 bits per heavy atom. The van der Waals surface area contributed by atoms with Gasteiger partial charge in [0.15, 0.2) is 11.5 Å². The van der Waals surface area contributed by atoms with Crippen molar-refractivity contribution in [2.75, 3.05) is 33.0 Å². The van der Waals surface area contributed by atoms with E-state index in [2.05, 4.69) is 23.1 Å². The number of hydrogen-bond acceptors (Lipinski definition) is 6. The number of ether oxygens (including phenoxy) is 3. The van der Waals surface area contributed by atoms with Crippen LogP contribution < -0.4 is 14.2 Å². The number of thiophene rings is 1. The monoisotopic (exact) mass is 434 g/mol. The molecular weight excluding hydrogens is 412 g/mol. The standard InChI is InChI=1S/C24H22N2O4S/c27-24(22-12-17-14-28-19-4-2-1-3-18(19)23(17)31-22)26-9-7-25(8-10-26)13-16-5-6-20-21(11-16)30-15-29-20/h1-6,11-12H,7-10,13-15H2. The predicted octanol–water partition coefficient (Wildman–Crippen LogP) is 3.99. The van der Waals surface area contributed by atoms with Crippen LogP contribution in [0.3, 0.4) is 0 Å². The maximum Gasteiger partial charge on any atom is 0.264 e. The van der Waals surface area contributed by atoms with Gasteiger partial charge in [0.25, 0.3) is 5.91 Å². The van der Waals surface area contributed by atoms with Gasteiger partial charge < -0.3 is 19.1 Å². The van der Waals surface area contributed by atoms with Gasteiger partial charge in [-0.2, -0.15) is 0 Å². The first-order chi connectivity index (χ1) is 15.2. The van der Waals surface area contributed by atoms with E-state index in [1.54, 1.807) is 11.3 Å². The summed E-state index contributed by atoms with van der Waals surface area (Å²) >= 11 is 1.58. The molecule has 31 heavy (non-hydrogen) atoms. The van der Waals surface area contributed by atoms with Crippen LogP contribution in [0.25, 0.3) is 10.4 Å². The summed E-state index contributed by atoms with van der Waals surface area (Å²) in [5.41, 5.74) is 3.39. The van der Waals surface area contributed by atoms with Crippen molar-refractivity contribution in [1.82, 2.24) is 9.80 Å². The van der Waals surface area contributed by atoms with Crippen molar-refractivity contribution in [3.8, 4) is 27.7 Å². The summed E-state index contributed by atoms with van der Waals surface area (Å²) in [6.07, 6.45) is 0. The molecule has 0 radical (unpaired) electrons. The van der Waals surface area contributed by atoms with E-state index in [9.17, 15) is 4.79 Å². The van der Waals surface area contributed by atoms with E-state index in [1.165, 1.54) is 5.56 Å². The normalized spacial score (nSPS) is 17.1. The van der Waals surface area contributed by atoms with Crippen molar-refractivity contribution in [2.24, 2.45) is 0 Å². The molecule has 0 bridgehead atoms. The van der Waals surface area contributed by atoms with Crippen molar-refractivity contribution in [3.05, 3.63) is 64.5 Å². The highest BCUT2D eigenvalue weighted by molar-refractivity contribution is 7.17. The Morgan fingerprint density at radius 3 is 2.65 bits per heavy atom. The highest BCUT2D eigenvalue weighted by Gasteiger charge is 2.27. The average Bonchev–Trinajstić information content (AvgIpc) is 3.46. The van der Waals surface area contributed by atoms with Crippen LogP contribution in [0.4, 0.5) is 0 Å². The van der Waals surface area contributed by atoms with Gasteiger partial charge in [-0.3, -0.25) is 9.69 Å². The fourth-order valence-electron chi connectivity index (χ4n) is 4.37. The number of hydrogen-bond donors (Lipinski definition) is 0. The summed E-state index contributed by atoms with van der Waals surface area (Å²) in [5.74, 6) is 2.65. The quantitative estimate of drug-likeness (QED) is 0.624. The Morgan fingerprint density at radius 1 is 0.903 bits per heavy atom. The highest BCUT2D eigenvalue weighted by Crippen LogP contribution is 2.42. The van der Waals surface area contributed by atoms with Crippen LogP contribution in [-0.4, -0.2) is 48.7 Å². The molecule has 3 aliphatic rings. The third kappa shape index (κ3) is 3.43. The van der Waals surface area contributed by atoms with Crippen molar-refractivity contribution in [1.29, 1.82) is 0 Å². The lowest BCUT2D eigenvalue weighted by molar-refractivity contribution is 0.0633. The van der Waals surface area contributed by atoms with Gasteiger partial charge >= 0.3 is 0 Å². The Kier molecular flexibility index (Phi) is 4.58. The molecule has 1 saturated heterocycles. The minimum absolute atomic E-state index is 0.125. The highest BCUT2D eigenvalue weighted by atomic mass is 32.1. The lowest BCUT2D eigenvalue weighted by Gasteiger charge is -2.34. The fraction of sp³-hybridized carbons (Fsp3) is 0.292. The van der Waals surface area contributed by atoms with Crippen LogP contribution in [0, 0.1) is 0 Å². The number of fused-ring (bicyclic) bond motifs is 4. The molecule has 3 aliphatic heterocycles. The molecule has 6 rings (SSSR count). The van der Waals surface area contributed by atoms with Crippen molar-refractivity contribution in [2.45, 2.75) is 13.2 Å². The van der Waals surface area contributed by atoms with Crippen LogP contribution >= 0.6 is 11.3 Å². The van der Waals surface area contributed by atoms with E-state index in [1.807, 2.05) is 35.2 Å². The second-order valence-corrected chi connectivity index (χ2v) is 9.06. The molecule has 6 nitrogen and oxygen atoms in total. The lowest BCUT2D eigenvalue weighted by Crippen LogP contribution is -2.48. The largest absolute Gasteiger partial charge is 0.488 e. The van der Waals surface area contributed by atoms with Crippen molar-refractivity contribution >= 4 is 17.2 Å². The molecule has 1 aromatic heterocycles. The summed E-state index contributed by atoms with van der Waals surface area (Å²) in [6, 6.07) is 16.2. The molecule has 1 fully saturated rings. The first-order valence-corrected chi connectivity index (χ1v) is 11.3. The first-order valence-electron chi connectivity index (χ1n) is 10.5. The molecule has 7 heteroatoms. The Labute approximate surface area is 184 Å². The van der Waals surface area contributed by atoms with E-state index in [0.717, 1.165) is 70.9 Å². The summed E-state index contributed by atoms with van der Waals surface area (Å²) in [6.45, 7) is 4.86. The molecule has 0 saturated carbocycles. The zero-order chi connectivity index (χ0) is 20.8. The van der Waals surface area contributed by atoms with Gasteiger partial charge in [-0.15, -0.1) is 11.3 Å². The molecule has 0 spiro atoms. The third-order valence-electron chi connectivity index (χ3n) is 6.04. The summed E-state index contributed by atoms with van der Waals surface area (Å²) in [7, 11) is 0. The predicted molar refractivity (Wildman–Crippen MR) is 118 cm³/mol. The molecular formula is C24H22N2O4S. The molecule has 4 heterocycles. The number of para-hydroxylation sites is 1. The van der Waals surface area contributed by atoms with Gasteiger partial charge in [0.05, 0.1) is 4.88 Å².